The van der Waals surface area contributed by atoms with E-state index < -0.39 is 35.5 Å². The molecule has 0 bridgehead atoms. The van der Waals surface area contributed by atoms with Crippen LogP contribution in [0.1, 0.15) is 18.1 Å². The third kappa shape index (κ3) is 6.30. The lowest BCUT2D eigenvalue weighted by molar-refractivity contribution is -0.343. The zero-order chi connectivity index (χ0) is 25.0. The van der Waals surface area contributed by atoms with Gasteiger partial charge in [-0.15, -0.1) is 0 Å². The highest BCUT2D eigenvalue weighted by Gasteiger charge is 2.76. The normalized spacial score (nSPS) is 12.9. The van der Waals surface area contributed by atoms with Crippen molar-refractivity contribution in [2.45, 2.75) is 31.4 Å². The van der Waals surface area contributed by atoms with Crippen molar-refractivity contribution in [3.63, 3.8) is 0 Å². The van der Waals surface area contributed by atoms with Crippen molar-refractivity contribution in [1.29, 1.82) is 0 Å². The van der Waals surface area contributed by atoms with Gasteiger partial charge in [-0.05, 0) is 42.3 Å². The van der Waals surface area contributed by atoms with Gasteiger partial charge in [-0.3, -0.25) is 9.59 Å². The van der Waals surface area contributed by atoms with Crippen LogP contribution in [0.2, 0.25) is 0 Å². The molecule has 0 fully saturated rings. The third-order valence-electron chi connectivity index (χ3n) is 4.20. The maximum absolute atomic E-state index is 13.5. The predicted octanol–water partition coefficient (Wildman–Crippen LogP) is 5.30. The number of hydrogen-bond acceptors (Lipinski definition) is 3. The van der Waals surface area contributed by atoms with E-state index in [1.807, 2.05) is 0 Å². The van der Waals surface area contributed by atoms with Crippen LogP contribution in [0, 0.1) is 0 Å². The molecule has 0 radical (unpaired) electrons. The molecule has 0 heterocycles. The number of nitrogens with zero attached hydrogens (tertiary/aromatic N) is 1. The van der Waals surface area contributed by atoms with Crippen molar-refractivity contribution in [3.05, 3.63) is 64.1 Å². The molecule has 2 rings (SSSR count). The lowest BCUT2D eigenvalue weighted by Gasteiger charge is -2.27. The minimum absolute atomic E-state index is 0.00264. The second kappa shape index (κ2) is 9.89. The second-order valence-corrected chi connectivity index (χ2v) is 7.63. The molecular formula is C20H15BrF7N3O2. The first-order chi connectivity index (χ1) is 15.1. The molecule has 33 heavy (non-hydrogen) atoms. The summed E-state index contributed by atoms with van der Waals surface area (Å²) in [5.74, 6) is -15.9. The third-order valence-corrected chi connectivity index (χ3v) is 4.73. The summed E-state index contributed by atoms with van der Waals surface area (Å²) in [6.45, 7) is 1.41. The summed E-state index contributed by atoms with van der Waals surface area (Å²) in [6.07, 6.45) is -6.63. The van der Waals surface area contributed by atoms with Gasteiger partial charge in [-0.25, -0.2) is 5.43 Å². The van der Waals surface area contributed by atoms with Gasteiger partial charge >= 0.3 is 23.9 Å². The van der Waals surface area contributed by atoms with Gasteiger partial charge in [-0.1, -0.05) is 40.2 Å². The number of hydrogen-bond donors (Lipinski definition) is 2. The van der Waals surface area contributed by atoms with Crippen LogP contribution in [-0.4, -0.2) is 35.5 Å². The van der Waals surface area contributed by atoms with Gasteiger partial charge in [0.05, 0.1) is 12.1 Å². The van der Waals surface area contributed by atoms with Crippen LogP contribution >= 0.6 is 15.9 Å². The largest absolute Gasteiger partial charge is 0.460 e. The lowest BCUT2D eigenvalue weighted by atomic mass is 10.1. The van der Waals surface area contributed by atoms with Crippen molar-refractivity contribution >= 4 is 39.1 Å². The number of carbonyl (C=O) groups excluding carboxylic acids is 2. The van der Waals surface area contributed by atoms with Crippen molar-refractivity contribution in [1.82, 2.24) is 5.43 Å². The topological polar surface area (TPSA) is 70.6 Å². The molecular weight excluding hydrogens is 527 g/mol. The first-order valence-corrected chi connectivity index (χ1v) is 9.76. The molecule has 0 aliphatic heterocycles. The van der Waals surface area contributed by atoms with E-state index in [4.69, 9.17) is 0 Å². The fourth-order valence-corrected chi connectivity index (χ4v) is 2.65. The quantitative estimate of drug-likeness (QED) is 0.283. The molecule has 0 aliphatic carbocycles. The van der Waals surface area contributed by atoms with Crippen LogP contribution in [0.4, 0.5) is 36.4 Å². The molecule has 2 aromatic rings. The van der Waals surface area contributed by atoms with Gasteiger partial charge in [-0.2, -0.15) is 35.8 Å². The summed E-state index contributed by atoms with van der Waals surface area (Å²) < 4.78 is 90.6. The molecule has 5 nitrogen and oxygen atoms in total. The van der Waals surface area contributed by atoms with Gasteiger partial charge in [0.1, 0.15) is 0 Å². The molecule has 2 aromatic carbocycles. The summed E-state index contributed by atoms with van der Waals surface area (Å²) in [7, 11) is 0. The van der Waals surface area contributed by atoms with Gasteiger partial charge in [0.2, 0.25) is 5.91 Å². The van der Waals surface area contributed by atoms with E-state index in [2.05, 4.69) is 26.5 Å². The highest BCUT2D eigenvalue weighted by Crippen LogP contribution is 2.46. The Kier molecular flexibility index (Phi) is 7.88. The first-order valence-electron chi connectivity index (χ1n) is 8.97. The van der Waals surface area contributed by atoms with E-state index in [-0.39, 0.29) is 17.7 Å². The number of hydrazone groups is 1. The highest BCUT2D eigenvalue weighted by molar-refractivity contribution is 9.10. The summed E-state index contributed by atoms with van der Waals surface area (Å²) in [5, 5.41) is 5.17. The van der Waals surface area contributed by atoms with Crippen LogP contribution in [-0.2, 0) is 16.0 Å². The maximum Gasteiger partial charge on any atom is 0.460 e. The van der Waals surface area contributed by atoms with Crippen LogP contribution in [0.15, 0.2) is 58.1 Å². The van der Waals surface area contributed by atoms with E-state index in [0.29, 0.717) is 5.56 Å². The SMILES string of the molecule is CC(=NNC(=O)Cc1ccc(Br)cc1)c1cccc(NC(=O)C(F)(F)C(F)(F)C(F)(F)F)c1. The average Bonchev–Trinajstić information content (AvgIpc) is 2.73. The Hall–Kier alpha value is -2.96. The minimum Gasteiger partial charge on any atom is -0.321 e. The number of amides is 2. The maximum atomic E-state index is 13.5. The van der Waals surface area contributed by atoms with Crippen LogP contribution in [0.3, 0.4) is 0 Å². The number of anilines is 1. The van der Waals surface area contributed by atoms with Crippen molar-refractivity contribution < 1.29 is 40.3 Å². The molecule has 0 atom stereocenters. The van der Waals surface area contributed by atoms with E-state index in [9.17, 15) is 40.3 Å². The Morgan fingerprint density at radius 1 is 0.970 bits per heavy atom. The highest BCUT2D eigenvalue weighted by atomic mass is 79.9. The molecule has 0 spiro atoms. The predicted molar refractivity (Wildman–Crippen MR) is 109 cm³/mol. The van der Waals surface area contributed by atoms with E-state index in [1.54, 1.807) is 24.3 Å². The Morgan fingerprint density at radius 2 is 1.58 bits per heavy atom. The van der Waals surface area contributed by atoms with Gasteiger partial charge < -0.3 is 5.32 Å². The summed E-state index contributed by atoms with van der Waals surface area (Å²) in [4.78, 5) is 23.5. The standard InChI is InChI=1S/C20H15BrF7N3O2/c1-11(30-31-16(32)9-12-5-7-14(21)8-6-12)13-3-2-4-15(10-13)29-17(33)18(22,23)19(24,25)20(26,27)28/h2-8,10H,9H2,1H3,(H,29,33)(H,31,32). The molecule has 0 saturated carbocycles. The monoisotopic (exact) mass is 541 g/mol. The fourth-order valence-electron chi connectivity index (χ4n) is 2.39. The number of rotatable bonds is 7. The molecule has 178 valence electrons. The van der Waals surface area contributed by atoms with Crippen LogP contribution in [0.25, 0.3) is 0 Å². The molecule has 2 N–H and O–H groups in total. The average molecular weight is 542 g/mol. The number of halogens is 8. The van der Waals surface area contributed by atoms with Crippen molar-refractivity contribution in [3.8, 4) is 0 Å². The summed E-state index contributed by atoms with van der Waals surface area (Å²) in [5.41, 5.74) is 2.80. The van der Waals surface area contributed by atoms with E-state index >= 15 is 0 Å². The molecule has 0 aromatic heterocycles. The minimum atomic E-state index is -6.63. The number of carbonyl (C=O) groups is 2. The number of nitrogens with one attached hydrogen (secondary N) is 2. The smallest absolute Gasteiger partial charge is 0.321 e. The van der Waals surface area contributed by atoms with Crippen molar-refractivity contribution in [2.24, 2.45) is 5.10 Å². The summed E-state index contributed by atoms with van der Waals surface area (Å²) >= 11 is 3.26. The zero-order valence-electron chi connectivity index (χ0n) is 16.6. The Bertz CT molecular complexity index is 1050. The molecule has 0 saturated heterocycles. The van der Waals surface area contributed by atoms with Crippen LogP contribution < -0.4 is 10.7 Å². The van der Waals surface area contributed by atoms with Crippen LogP contribution in [0.5, 0.6) is 0 Å². The van der Waals surface area contributed by atoms with E-state index in [1.165, 1.54) is 24.4 Å². The summed E-state index contributed by atoms with van der Waals surface area (Å²) in [6, 6.07) is 11.5. The zero-order valence-corrected chi connectivity index (χ0v) is 18.2. The Balaban J connectivity index is 2.09. The lowest BCUT2D eigenvalue weighted by Crippen LogP contribution is -2.57. The molecule has 13 heteroatoms. The fraction of sp³-hybridized carbons (Fsp3) is 0.250. The van der Waals surface area contributed by atoms with Gasteiger partial charge in [0.15, 0.2) is 0 Å². The molecule has 0 unspecified atom stereocenters. The second-order valence-electron chi connectivity index (χ2n) is 6.72. The Labute approximate surface area is 191 Å². The molecule has 2 amide bonds. The Morgan fingerprint density at radius 3 is 2.15 bits per heavy atom. The van der Waals surface area contributed by atoms with Crippen molar-refractivity contribution in [2.75, 3.05) is 5.32 Å². The van der Waals surface area contributed by atoms with Gasteiger partial charge in [0.25, 0.3) is 0 Å². The number of alkyl halides is 7. The molecule has 0 aliphatic rings. The van der Waals surface area contributed by atoms with E-state index in [0.717, 1.165) is 16.6 Å². The van der Waals surface area contributed by atoms with Gasteiger partial charge in [0, 0.05) is 10.2 Å². The number of benzene rings is 2. The first kappa shape index (κ1) is 26.3.